The van der Waals surface area contributed by atoms with Gasteiger partial charge >= 0.3 is 0 Å². The number of para-hydroxylation sites is 1. The second-order valence-corrected chi connectivity index (χ2v) is 9.56. The maximum Gasteiger partial charge on any atom is 0.261 e. The van der Waals surface area contributed by atoms with Crippen LogP contribution in [0.2, 0.25) is 0 Å². The fraction of sp³-hybridized carbons (Fsp3) is 0.235. The Morgan fingerprint density at radius 3 is 2.18 bits per heavy atom. The molecule has 4 aromatic rings. The van der Waals surface area contributed by atoms with Crippen LogP contribution in [0.5, 0.6) is 0 Å². The molecule has 4 rings (SSSR count). The highest BCUT2D eigenvalue weighted by molar-refractivity contribution is 6.07. The molecule has 0 unspecified atom stereocenters. The Balaban J connectivity index is 1.67. The van der Waals surface area contributed by atoms with Gasteiger partial charge < -0.3 is 10.3 Å². The van der Waals surface area contributed by atoms with E-state index in [-0.39, 0.29) is 11.0 Å². The number of anilines is 1. The number of nitrogens with one attached hydrogen (secondary N) is 2. The quantitative estimate of drug-likeness (QED) is 0.213. The molecule has 38 heavy (non-hydrogen) atoms. The molecule has 0 atom stereocenters. The third-order valence-corrected chi connectivity index (χ3v) is 6.71. The Morgan fingerprint density at radius 2 is 1.42 bits per heavy atom. The van der Waals surface area contributed by atoms with E-state index < -0.39 is 5.91 Å². The minimum atomic E-state index is -0.419. The normalized spacial score (nSPS) is 10.7. The summed E-state index contributed by atoms with van der Waals surface area (Å²) in [5.41, 5.74) is 4.28. The lowest BCUT2D eigenvalue weighted by atomic mass is 9.99. The van der Waals surface area contributed by atoms with Crippen molar-refractivity contribution in [3.05, 3.63) is 125 Å². The average molecular weight is 505 g/mol. The Labute approximate surface area is 225 Å². The molecule has 1 heterocycles. The van der Waals surface area contributed by atoms with E-state index >= 15 is 0 Å². The summed E-state index contributed by atoms with van der Waals surface area (Å²) in [6, 6.07) is 31.4. The van der Waals surface area contributed by atoms with Crippen LogP contribution in [-0.4, -0.2) is 10.9 Å². The van der Waals surface area contributed by atoms with Gasteiger partial charge in [0.05, 0.1) is 0 Å². The number of amides is 1. The predicted molar refractivity (Wildman–Crippen MR) is 159 cm³/mol. The molecule has 0 saturated carbocycles. The zero-order valence-corrected chi connectivity index (χ0v) is 22.1. The van der Waals surface area contributed by atoms with Crippen molar-refractivity contribution in [2.45, 2.75) is 51.9 Å². The van der Waals surface area contributed by atoms with Crippen molar-refractivity contribution in [2.75, 3.05) is 5.32 Å². The molecule has 0 radical (unpaired) electrons. The lowest BCUT2D eigenvalue weighted by Gasteiger charge is -2.14. The van der Waals surface area contributed by atoms with Crippen LogP contribution in [0.3, 0.4) is 0 Å². The van der Waals surface area contributed by atoms with Crippen LogP contribution in [0.25, 0.3) is 22.0 Å². The van der Waals surface area contributed by atoms with Crippen LogP contribution in [0.1, 0.15) is 61.4 Å². The van der Waals surface area contributed by atoms with Crippen molar-refractivity contribution in [3.8, 4) is 11.1 Å². The van der Waals surface area contributed by atoms with Crippen LogP contribution in [0.15, 0.2) is 108 Å². The second kappa shape index (κ2) is 13.9. The third kappa shape index (κ3) is 7.19. The van der Waals surface area contributed by atoms with E-state index in [9.17, 15) is 9.59 Å². The number of aryl methyl sites for hydroxylation is 1. The largest absolute Gasteiger partial charge is 0.360 e. The van der Waals surface area contributed by atoms with Crippen molar-refractivity contribution in [1.82, 2.24) is 4.98 Å². The van der Waals surface area contributed by atoms with Gasteiger partial charge in [0.25, 0.3) is 5.91 Å². The van der Waals surface area contributed by atoms with Gasteiger partial charge in [0.2, 0.25) is 5.43 Å². The maximum atomic E-state index is 13.4. The van der Waals surface area contributed by atoms with Gasteiger partial charge in [-0.15, -0.1) is 0 Å². The molecule has 0 fully saturated rings. The lowest BCUT2D eigenvalue weighted by molar-refractivity contribution is 0.102. The minimum absolute atomic E-state index is 0.0967. The average Bonchev–Trinajstić information content (AvgIpc) is 2.94. The molecule has 4 heteroatoms. The zero-order chi connectivity index (χ0) is 26.6. The molecule has 1 amide bonds. The summed E-state index contributed by atoms with van der Waals surface area (Å²) in [6.07, 6.45) is 9.85. The maximum absolute atomic E-state index is 13.4. The summed E-state index contributed by atoms with van der Waals surface area (Å²) in [7, 11) is 0. The van der Waals surface area contributed by atoms with Crippen molar-refractivity contribution in [1.29, 1.82) is 0 Å². The Kier molecular flexibility index (Phi) is 9.86. The monoisotopic (exact) mass is 504 g/mol. The number of fused-ring (bicyclic) bond motifs is 1. The first-order valence-corrected chi connectivity index (χ1v) is 13.6. The fourth-order valence-electron chi connectivity index (χ4n) is 4.61. The molecule has 194 valence electrons. The molecule has 1 aromatic heterocycles. The van der Waals surface area contributed by atoms with E-state index in [4.69, 9.17) is 0 Å². The first-order chi connectivity index (χ1) is 18.7. The van der Waals surface area contributed by atoms with E-state index in [1.165, 1.54) is 43.9 Å². The van der Waals surface area contributed by atoms with E-state index in [1.807, 2.05) is 66.7 Å². The number of hydrogen-bond acceptors (Lipinski definition) is 2. The number of hydrogen-bond donors (Lipinski definition) is 2. The van der Waals surface area contributed by atoms with Gasteiger partial charge in [-0.3, -0.25) is 9.59 Å². The molecule has 0 aliphatic rings. The number of carbonyl (C=O) groups is 1. The first kappa shape index (κ1) is 26.9. The Bertz CT molecular complexity index is 1460. The van der Waals surface area contributed by atoms with Gasteiger partial charge in [0.15, 0.2) is 0 Å². The number of unbranched alkanes of at least 4 members (excludes halogenated alkanes) is 5. The van der Waals surface area contributed by atoms with Gasteiger partial charge in [-0.05, 0) is 42.2 Å². The van der Waals surface area contributed by atoms with Crippen molar-refractivity contribution in [3.63, 3.8) is 0 Å². The van der Waals surface area contributed by atoms with Crippen molar-refractivity contribution < 1.29 is 4.79 Å². The highest BCUT2D eigenvalue weighted by Gasteiger charge is 2.16. The van der Waals surface area contributed by atoms with Gasteiger partial charge in [0, 0.05) is 28.4 Å². The summed E-state index contributed by atoms with van der Waals surface area (Å²) in [5, 5.41) is 3.56. The van der Waals surface area contributed by atoms with E-state index in [2.05, 4.69) is 35.4 Å². The summed E-state index contributed by atoms with van der Waals surface area (Å²) < 4.78 is 0. The number of benzene rings is 2. The molecule has 0 bridgehead atoms. The number of aromatic amines is 1. The fourth-order valence-corrected chi connectivity index (χ4v) is 4.61. The molecule has 4 nitrogen and oxygen atoms in total. The topological polar surface area (TPSA) is 62.0 Å². The van der Waals surface area contributed by atoms with E-state index in [1.54, 1.807) is 12.1 Å². The number of carbonyl (C=O) groups excluding carboxylic acids is 1. The van der Waals surface area contributed by atoms with Crippen molar-refractivity contribution in [2.24, 2.45) is 0 Å². The summed E-state index contributed by atoms with van der Waals surface area (Å²) >= 11 is 0. The van der Waals surface area contributed by atoms with Crippen LogP contribution in [-0.2, 0) is 6.42 Å². The Hall–Kier alpha value is -4.18. The van der Waals surface area contributed by atoms with E-state index in [0.29, 0.717) is 16.6 Å². The SMILES string of the molecule is CCCCCCCCc1ccc(-c2ccccccccc2)c(NC(=O)c2c[nH]c3ccccc3c2=O)c1. The molecular weight excluding hydrogens is 468 g/mol. The third-order valence-electron chi connectivity index (χ3n) is 6.71. The molecule has 0 spiro atoms. The minimum Gasteiger partial charge on any atom is -0.360 e. The Morgan fingerprint density at radius 1 is 0.763 bits per heavy atom. The van der Waals surface area contributed by atoms with Gasteiger partial charge in [-0.2, -0.15) is 0 Å². The summed E-state index contributed by atoms with van der Waals surface area (Å²) in [5.74, 6) is -0.419. The molecule has 2 N–H and O–H groups in total. The van der Waals surface area contributed by atoms with Gasteiger partial charge in [-0.25, -0.2) is 0 Å². The smallest absolute Gasteiger partial charge is 0.261 e. The molecule has 0 aliphatic heterocycles. The molecule has 3 aromatic carbocycles. The number of aromatic nitrogens is 1. The summed E-state index contributed by atoms with van der Waals surface area (Å²) in [6.45, 7) is 2.23. The van der Waals surface area contributed by atoms with Crippen LogP contribution >= 0.6 is 0 Å². The first-order valence-electron chi connectivity index (χ1n) is 13.6. The molecular formula is C34H36N2O2. The lowest BCUT2D eigenvalue weighted by Crippen LogP contribution is -2.22. The second-order valence-electron chi connectivity index (χ2n) is 9.56. The van der Waals surface area contributed by atoms with E-state index in [0.717, 1.165) is 24.0 Å². The number of rotatable bonds is 10. The summed E-state index contributed by atoms with van der Waals surface area (Å²) in [4.78, 5) is 29.6. The van der Waals surface area contributed by atoms with Crippen LogP contribution in [0.4, 0.5) is 5.69 Å². The molecule has 0 aliphatic carbocycles. The van der Waals surface area contributed by atoms with Crippen molar-refractivity contribution >= 4 is 22.5 Å². The van der Waals surface area contributed by atoms with Gasteiger partial charge in [0.1, 0.15) is 5.56 Å². The van der Waals surface area contributed by atoms with Crippen LogP contribution in [0, 0.1) is 0 Å². The highest BCUT2D eigenvalue weighted by Crippen LogP contribution is 2.29. The predicted octanol–water partition coefficient (Wildman–Crippen LogP) is 8.47. The van der Waals surface area contributed by atoms with Gasteiger partial charge in [-0.1, -0.05) is 118 Å². The molecule has 0 saturated heterocycles. The zero-order valence-electron chi connectivity index (χ0n) is 22.1. The number of H-pyrrole nitrogens is 1. The standard InChI is InChI=1S/C34H36N2O2/c1-2-3-4-5-9-12-17-26-22-23-28(27-18-13-10-7-6-8-11-14-19-27)32(24-26)36-34(38)30-25-35-31-21-16-15-20-29(31)33(30)37/h6-8,10-11,13-16,18-25H,2-5,9,12,17H2,1H3,(H,35,37)(H,36,38). The van der Waals surface area contributed by atoms with Crippen LogP contribution < -0.4 is 10.7 Å². The number of pyridine rings is 1. The highest BCUT2D eigenvalue weighted by atomic mass is 16.2.